The second-order valence-electron chi connectivity index (χ2n) is 9.20. The van der Waals surface area contributed by atoms with Gasteiger partial charge in [0.1, 0.15) is 5.75 Å². The molecule has 3 aromatic rings. The number of Topliss-reactive ketones (excluding diaryl/α,β-unsaturated/α-hetero) is 1. The van der Waals surface area contributed by atoms with E-state index in [1.807, 2.05) is 48.5 Å². The lowest BCUT2D eigenvalue weighted by molar-refractivity contribution is 0.1000. The monoisotopic (exact) mass is 492 g/mol. The van der Waals surface area contributed by atoms with Crippen molar-refractivity contribution < 1.29 is 9.53 Å². The van der Waals surface area contributed by atoms with Crippen LogP contribution in [0.4, 0.5) is 0 Å². The Morgan fingerprint density at radius 2 is 1.63 bits per heavy atom. The van der Waals surface area contributed by atoms with Gasteiger partial charge in [-0.2, -0.15) is 4.68 Å². The van der Waals surface area contributed by atoms with Crippen molar-refractivity contribution in [2.75, 3.05) is 6.61 Å². The fourth-order valence-electron chi connectivity index (χ4n) is 4.57. The predicted molar refractivity (Wildman–Crippen MR) is 141 cm³/mol. The molecule has 7 heteroatoms. The van der Waals surface area contributed by atoms with Gasteiger partial charge in [-0.05, 0) is 41.5 Å². The van der Waals surface area contributed by atoms with Crippen molar-refractivity contribution in [3.63, 3.8) is 0 Å². The number of hydrogen-bond donors (Lipinski definition) is 0. The first-order valence-electron chi connectivity index (χ1n) is 13.1. The first-order chi connectivity index (χ1) is 17.3. The molecule has 1 aliphatic carbocycles. The molecule has 1 heterocycles. The molecular weight excluding hydrogens is 456 g/mol. The highest BCUT2D eigenvalue weighted by molar-refractivity contribution is 8.00. The molecular formula is C28H36N4O2S. The molecule has 2 aromatic carbocycles. The minimum absolute atomic E-state index is 0.122. The number of carbonyl (C=O) groups excluding carboxylic acids is 1. The van der Waals surface area contributed by atoms with Crippen LogP contribution in [0.1, 0.15) is 87.1 Å². The fourth-order valence-corrected chi connectivity index (χ4v) is 5.64. The van der Waals surface area contributed by atoms with Crippen molar-refractivity contribution >= 4 is 17.5 Å². The number of hydrogen-bond acceptors (Lipinski definition) is 6. The number of rotatable bonds is 15. The van der Waals surface area contributed by atoms with E-state index in [1.54, 1.807) is 4.68 Å². The number of fused-ring (bicyclic) bond motifs is 1. The molecule has 0 radical (unpaired) electrons. The maximum Gasteiger partial charge on any atom is 0.214 e. The Balaban J connectivity index is 1.24. The fraction of sp³-hybridized carbons (Fsp3) is 0.500. The third-order valence-electron chi connectivity index (χ3n) is 6.53. The zero-order valence-electron chi connectivity index (χ0n) is 20.7. The second kappa shape index (κ2) is 13.4. The van der Waals surface area contributed by atoms with Crippen LogP contribution in [0, 0.1) is 0 Å². The van der Waals surface area contributed by atoms with Gasteiger partial charge < -0.3 is 4.74 Å². The molecule has 1 unspecified atom stereocenters. The molecule has 0 spiro atoms. The summed E-state index contributed by atoms with van der Waals surface area (Å²) in [6.07, 6.45) is 13.7. The Bertz CT molecular complexity index is 1070. The number of unbranched alkanes of at least 4 members (excludes halogenated alkanes) is 9. The second-order valence-corrected chi connectivity index (χ2v) is 10.4. The van der Waals surface area contributed by atoms with Crippen molar-refractivity contribution in [3.05, 3.63) is 59.7 Å². The van der Waals surface area contributed by atoms with Gasteiger partial charge in [-0.15, -0.1) is 5.10 Å². The lowest BCUT2D eigenvalue weighted by Crippen LogP contribution is -2.13. The molecule has 0 bridgehead atoms. The SMILES string of the molecule is CCCCCCCCCCCCOc1cccc2c1CC(Sc1nnnn1-c1ccccc1)C2=O. The van der Waals surface area contributed by atoms with E-state index < -0.39 is 0 Å². The predicted octanol–water partition coefficient (Wildman–Crippen LogP) is 6.86. The average Bonchev–Trinajstić information content (AvgIpc) is 3.48. The van der Waals surface area contributed by atoms with Gasteiger partial charge in [0.05, 0.1) is 17.5 Å². The van der Waals surface area contributed by atoms with Crippen molar-refractivity contribution in [3.8, 4) is 11.4 Å². The Labute approximate surface area is 212 Å². The maximum atomic E-state index is 13.1. The molecule has 0 fully saturated rings. The van der Waals surface area contributed by atoms with Crippen molar-refractivity contribution in [1.82, 2.24) is 20.2 Å². The first kappa shape index (κ1) is 25.4. The van der Waals surface area contributed by atoms with Gasteiger partial charge in [0.25, 0.3) is 0 Å². The van der Waals surface area contributed by atoms with Crippen molar-refractivity contribution in [1.29, 1.82) is 0 Å². The highest BCUT2D eigenvalue weighted by Crippen LogP contribution is 2.38. The van der Waals surface area contributed by atoms with Gasteiger partial charge in [-0.3, -0.25) is 4.79 Å². The van der Waals surface area contributed by atoms with Crippen LogP contribution < -0.4 is 4.74 Å². The third kappa shape index (κ3) is 6.94. The largest absolute Gasteiger partial charge is 0.493 e. The van der Waals surface area contributed by atoms with Crippen molar-refractivity contribution in [2.24, 2.45) is 0 Å². The van der Waals surface area contributed by atoms with Gasteiger partial charge in [0.2, 0.25) is 5.16 Å². The molecule has 1 atom stereocenters. The summed E-state index contributed by atoms with van der Waals surface area (Å²) in [5.41, 5.74) is 2.66. The molecule has 186 valence electrons. The average molecular weight is 493 g/mol. The molecule has 6 nitrogen and oxygen atoms in total. The Morgan fingerprint density at radius 1 is 0.914 bits per heavy atom. The van der Waals surface area contributed by atoms with Gasteiger partial charge in [0, 0.05) is 11.1 Å². The Morgan fingerprint density at radius 3 is 2.37 bits per heavy atom. The van der Waals surface area contributed by atoms with Gasteiger partial charge in [-0.25, -0.2) is 0 Å². The van der Waals surface area contributed by atoms with E-state index >= 15 is 0 Å². The number of ether oxygens (including phenoxy) is 1. The minimum Gasteiger partial charge on any atom is -0.493 e. The minimum atomic E-state index is -0.250. The topological polar surface area (TPSA) is 69.9 Å². The summed E-state index contributed by atoms with van der Waals surface area (Å²) in [5, 5.41) is 12.5. The smallest absolute Gasteiger partial charge is 0.214 e. The Kier molecular flexibility index (Phi) is 9.75. The summed E-state index contributed by atoms with van der Waals surface area (Å²) in [6.45, 7) is 2.96. The molecule has 0 saturated heterocycles. The molecule has 0 saturated carbocycles. The molecule has 4 rings (SSSR count). The van der Waals surface area contributed by atoms with Crippen LogP contribution in [-0.4, -0.2) is 37.8 Å². The summed E-state index contributed by atoms with van der Waals surface area (Å²) in [7, 11) is 0. The molecule has 0 N–H and O–H groups in total. The number of tetrazole rings is 1. The van der Waals surface area contributed by atoms with E-state index in [1.165, 1.54) is 69.5 Å². The Hall–Kier alpha value is -2.67. The van der Waals surface area contributed by atoms with Crippen LogP contribution in [0.2, 0.25) is 0 Å². The van der Waals surface area contributed by atoms with Crippen LogP contribution in [0.3, 0.4) is 0 Å². The van der Waals surface area contributed by atoms with Crippen molar-refractivity contribution in [2.45, 2.75) is 88.0 Å². The summed E-state index contributed by atoms with van der Waals surface area (Å²) < 4.78 is 7.82. The summed E-state index contributed by atoms with van der Waals surface area (Å²) in [5.74, 6) is 0.967. The number of ketones is 1. The lowest BCUT2D eigenvalue weighted by atomic mass is 10.1. The molecule has 0 aliphatic heterocycles. The highest BCUT2D eigenvalue weighted by Gasteiger charge is 2.34. The number of thioether (sulfide) groups is 1. The standard InChI is InChI=1S/C28H36N4O2S/c1-2-3-4-5-6-7-8-9-10-14-20-34-25-19-15-18-23-24(25)21-26(27(23)33)35-28-29-30-31-32(28)22-16-12-11-13-17-22/h11-13,15-19,26H,2-10,14,20-21H2,1H3. The van der Waals surface area contributed by atoms with Crippen LogP contribution in [0.25, 0.3) is 5.69 Å². The van der Waals surface area contributed by atoms with Gasteiger partial charge >= 0.3 is 0 Å². The molecule has 0 amide bonds. The van der Waals surface area contributed by atoms with Crippen LogP contribution in [-0.2, 0) is 6.42 Å². The zero-order chi connectivity index (χ0) is 24.3. The number of benzene rings is 2. The third-order valence-corrected chi connectivity index (χ3v) is 7.66. The summed E-state index contributed by atoms with van der Waals surface area (Å²) in [6, 6.07) is 15.6. The van der Waals surface area contributed by atoms with E-state index in [2.05, 4.69) is 22.4 Å². The van der Waals surface area contributed by atoms with Gasteiger partial charge in [0.15, 0.2) is 5.78 Å². The van der Waals surface area contributed by atoms with Crippen LogP contribution in [0.15, 0.2) is 53.7 Å². The number of nitrogens with zero attached hydrogens (tertiary/aromatic N) is 4. The van der Waals surface area contributed by atoms with E-state index in [4.69, 9.17) is 4.74 Å². The number of aromatic nitrogens is 4. The molecule has 35 heavy (non-hydrogen) atoms. The lowest BCUT2D eigenvalue weighted by Gasteiger charge is -2.10. The summed E-state index contributed by atoms with van der Waals surface area (Å²) >= 11 is 1.42. The van der Waals surface area contributed by atoms with Crippen LogP contribution in [0.5, 0.6) is 5.75 Å². The normalized spacial score (nSPS) is 14.9. The molecule has 1 aliphatic rings. The quantitative estimate of drug-likeness (QED) is 0.216. The number of para-hydroxylation sites is 1. The van der Waals surface area contributed by atoms with Gasteiger partial charge in [-0.1, -0.05) is 107 Å². The first-order valence-corrected chi connectivity index (χ1v) is 13.9. The highest BCUT2D eigenvalue weighted by atomic mass is 32.2. The summed E-state index contributed by atoms with van der Waals surface area (Å²) in [4.78, 5) is 13.1. The number of carbonyl (C=O) groups is 1. The van der Waals surface area contributed by atoms with E-state index in [9.17, 15) is 4.79 Å². The van der Waals surface area contributed by atoms with E-state index in [-0.39, 0.29) is 11.0 Å². The zero-order valence-corrected chi connectivity index (χ0v) is 21.5. The molecule has 1 aromatic heterocycles. The van der Waals surface area contributed by atoms with Crippen LogP contribution >= 0.6 is 11.8 Å². The maximum absolute atomic E-state index is 13.1. The van der Waals surface area contributed by atoms with E-state index in [0.717, 1.165) is 29.0 Å². The van der Waals surface area contributed by atoms with E-state index in [0.29, 0.717) is 18.2 Å².